The van der Waals surface area contributed by atoms with Gasteiger partial charge in [-0.25, -0.2) is 0 Å². The van der Waals surface area contributed by atoms with Crippen LogP contribution < -0.4 is 14.8 Å². The van der Waals surface area contributed by atoms with E-state index in [1.54, 1.807) is 14.2 Å². The topological polar surface area (TPSA) is 30.5 Å². The lowest BCUT2D eigenvalue weighted by atomic mass is 10.1. The molecule has 2 rings (SSSR count). The zero-order valence-electron chi connectivity index (χ0n) is 12.7. The van der Waals surface area contributed by atoms with Gasteiger partial charge in [0.2, 0.25) is 0 Å². The first-order valence-electron chi connectivity index (χ1n) is 6.99. The molecule has 0 amide bonds. The zero-order chi connectivity index (χ0) is 15.9. The summed E-state index contributed by atoms with van der Waals surface area (Å²) in [4.78, 5) is 0. The largest absolute Gasteiger partial charge is 0.493 e. The molecule has 0 fully saturated rings. The molecule has 2 aromatic carbocycles. The first kappa shape index (κ1) is 16.9. The molecule has 0 aliphatic heterocycles. The predicted molar refractivity (Wildman–Crippen MR) is 91.4 cm³/mol. The van der Waals surface area contributed by atoms with Gasteiger partial charge in [0.1, 0.15) is 0 Å². The number of ether oxygens (including phenoxy) is 2. The van der Waals surface area contributed by atoms with E-state index in [4.69, 9.17) is 32.7 Å². The van der Waals surface area contributed by atoms with Crippen molar-refractivity contribution in [2.24, 2.45) is 0 Å². The molecule has 0 saturated heterocycles. The summed E-state index contributed by atoms with van der Waals surface area (Å²) < 4.78 is 10.5. The maximum absolute atomic E-state index is 6.00. The van der Waals surface area contributed by atoms with E-state index in [1.165, 1.54) is 5.56 Å². The summed E-state index contributed by atoms with van der Waals surface area (Å²) in [6.45, 7) is 1.61. The third kappa shape index (κ3) is 4.54. The second kappa shape index (κ2) is 8.28. The summed E-state index contributed by atoms with van der Waals surface area (Å²) in [5, 5.41) is 4.55. The van der Waals surface area contributed by atoms with Gasteiger partial charge in [-0.05, 0) is 48.4 Å². The Morgan fingerprint density at radius 3 is 2.27 bits per heavy atom. The van der Waals surface area contributed by atoms with Crippen molar-refractivity contribution in [1.82, 2.24) is 5.32 Å². The molecule has 0 aliphatic rings. The van der Waals surface area contributed by atoms with Crippen LogP contribution in [0.4, 0.5) is 0 Å². The minimum Gasteiger partial charge on any atom is -0.493 e. The van der Waals surface area contributed by atoms with Crippen molar-refractivity contribution < 1.29 is 9.47 Å². The Balaban J connectivity index is 1.84. The number of benzene rings is 2. The number of halogens is 2. The molecule has 0 aromatic heterocycles. The molecule has 0 spiro atoms. The van der Waals surface area contributed by atoms with Crippen molar-refractivity contribution in [2.45, 2.75) is 13.0 Å². The Bertz CT molecular complexity index is 632. The smallest absolute Gasteiger partial charge is 0.160 e. The van der Waals surface area contributed by atoms with E-state index in [-0.39, 0.29) is 0 Å². The normalized spacial score (nSPS) is 10.5. The monoisotopic (exact) mass is 339 g/mol. The van der Waals surface area contributed by atoms with Gasteiger partial charge in [-0.15, -0.1) is 0 Å². The average Bonchev–Trinajstić information content (AvgIpc) is 2.54. The van der Waals surface area contributed by atoms with Crippen LogP contribution in [-0.2, 0) is 13.0 Å². The molecule has 0 aliphatic carbocycles. The fourth-order valence-electron chi connectivity index (χ4n) is 2.15. The Hall–Kier alpha value is -1.42. The molecule has 0 saturated carbocycles. The van der Waals surface area contributed by atoms with Gasteiger partial charge in [0.05, 0.1) is 24.3 Å². The standard InChI is InChI=1S/C17H19Cl2NO2/c1-21-16-6-4-12(10-17(16)22-2)7-8-20-11-13-3-5-14(18)15(19)9-13/h3-6,9-10,20H,7-8,11H2,1-2H3. The molecule has 0 atom stereocenters. The molecule has 3 nitrogen and oxygen atoms in total. The highest BCUT2D eigenvalue weighted by atomic mass is 35.5. The lowest BCUT2D eigenvalue weighted by Crippen LogP contribution is -2.16. The van der Waals surface area contributed by atoms with E-state index in [2.05, 4.69) is 5.32 Å². The van der Waals surface area contributed by atoms with Crippen LogP contribution in [0.2, 0.25) is 10.0 Å². The summed E-state index contributed by atoms with van der Waals surface area (Å²) in [5.41, 5.74) is 2.31. The SMILES string of the molecule is COc1ccc(CCNCc2ccc(Cl)c(Cl)c2)cc1OC. The predicted octanol–water partition coefficient (Wildman–Crippen LogP) is 4.34. The number of rotatable bonds is 7. The molecule has 118 valence electrons. The van der Waals surface area contributed by atoms with Gasteiger partial charge in [-0.2, -0.15) is 0 Å². The van der Waals surface area contributed by atoms with Crippen molar-refractivity contribution in [3.05, 3.63) is 57.6 Å². The van der Waals surface area contributed by atoms with Crippen molar-refractivity contribution in [3.63, 3.8) is 0 Å². The van der Waals surface area contributed by atoms with E-state index in [0.29, 0.717) is 10.0 Å². The molecule has 22 heavy (non-hydrogen) atoms. The van der Waals surface area contributed by atoms with Crippen LogP contribution in [0.3, 0.4) is 0 Å². The molecule has 0 radical (unpaired) electrons. The van der Waals surface area contributed by atoms with Gasteiger partial charge in [0.15, 0.2) is 11.5 Å². The van der Waals surface area contributed by atoms with Crippen molar-refractivity contribution in [2.75, 3.05) is 20.8 Å². The highest BCUT2D eigenvalue weighted by molar-refractivity contribution is 6.42. The highest BCUT2D eigenvalue weighted by Crippen LogP contribution is 2.27. The highest BCUT2D eigenvalue weighted by Gasteiger charge is 2.04. The van der Waals surface area contributed by atoms with Crippen LogP contribution in [0.5, 0.6) is 11.5 Å². The lowest BCUT2D eigenvalue weighted by Gasteiger charge is -2.10. The lowest BCUT2D eigenvalue weighted by molar-refractivity contribution is 0.354. The number of hydrogen-bond acceptors (Lipinski definition) is 3. The number of nitrogens with one attached hydrogen (secondary N) is 1. The van der Waals surface area contributed by atoms with E-state index < -0.39 is 0 Å². The Morgan fingerprint density at radius 2 is 1.59 bits per heavy atom. The van der Waals surface area contributed by atoms with Crippen LogP contribution >= 0.6 is 23.2 Å². The first-order chi connectivity index (χ1) is 10.6. The van der Waals surface area contributed by atoms with Crippen LogP contribution in [0, 0.1) is 0 Å². The van der Waals surface area contributed by atoms with Crippen molar-refractivity contribution >= 4 is 23.2 Å². The Labute approximate surface area is 141 Å². The maximum Gasteiger partial charge on any atom is 0.160 e. The maximum atomic E-state index is 6.00. The van der Waals surface area contributed by atoms with Crippen LogP contribution in [0.25, 0.3) is 0 Å². The molecule has 0 heterocycles. The third-order valence-electron chi connectivity index (χ3n) is 3.35. The minimum atomic E-state index is 0.579. The van der Waals surface area contributed by atoms with Crippen molar-refractivity contribution in [3.8, 4) is 11.5 Å². The molecular formula is C17H19Cl2NO2. The minimum absolute atomic E-state index is 0.579. The summed E-state index contributed by atoms with van der Waals surface area (Å²) in [6, 6.07) is 11.6. The number of methoxy groups -OCH3 is 2. The van der Waals surface area contributed by atoms with Crippen LogP contribution in [-0.4, -0.2) is 20.8 Å². The first-order valence-corrected chi connectivity index (χ1v) is 7.75. The van der Waals surface area contributed by atoms with Gasteiger partial charge in [0.25, 0.3) is 0 Å². The number of hydrogen-bond donors (Lipinski definition) is 1. The molecule has 1 N–H and O–H groups in total. The quantitative estimate of drug-likeness (QED) is 0.761. The summed E-state index contributed by atoms with van der Waals surface area (Å²) in [6.07, 6.45) is 0.904. The second-order valence-corrected chi connectivity index (χ2v) is 5.68. The van der Waals surface area contributed by atoms with E-state index >= 15 is 0 Å². The van der Waals surface area contributed by atoms with Gasteiger partial charge >= 0.3 is 0 Å². The molecular weight excluding hydrogens is 321 g/mol. The summed E-state index contributed by atoms with van der Waals surface area (Å²) in [7, 11) is 3.28. The molecule has 0 unspecified atom stereocenters. The van der Waals surface area contributed by atoms with Crippen LogP contribution in [0.15, 0.2) is 36.4 Å². The van der Waals surface area contributed by atoms with Gasteiger partial charge in [0, 0.05) is 6.54 Å². The fraction of sp³-hybridized carbons (Fsp3) is 0.294. The van der Waals surface area contributed by atoms with Gasteiger partial charge < -0.3 is 14.8 Å². The second-order valence-electron chi connectivity index (χ2n) is 4.86. The van der Waals surface area contributed by atoms with Crippen LogP contribution in [0.1, 0.15) is 11.1 Å². The van der Waals surface area contributed by atoms with E-state index in [0.717, 1.165) is 36.6 Å². The van der Waals surface area contributed by atoms with Gasteiger partial charge in [-0.3, -0.25) is 0 Å². The summed E-state index contributed by atoms with van der Waals surface area (Å²) in [5.74, 6) is 1.50. The fourth-order valence-corrected chi connectivity index (χ4v) is 2.47. The molecule has 0 bridgehead atoms. The summed E-state index contributed by atoms with van der Waals surface area (Å²) >= 11 is 11.9. The molecule has 5 heteroatoms. The average molecular weight is 340 g/mol. The third-order valence-corrected chi connectivity index (χ3v) is 4.09. The van der Waals surface area contributed by atoms with Gasteiger partial charge in [-0.1, -0.05) is 35.3 Å². The Morgan fingerprint density at radius 1 is 0.864 bits per heavy atom. The molecule has 2 aromatic rings. The zero-order valence-corrected chi connectivity index (χ0v) is 14.2. The van der Waals surface area contributed by atoms with E-state index in [1.807, 2.05) is 36.4 Å². The Kier molecular flexibility index (Phi) is 6.37. The van der Waals surface area contributed by atoms with E-state index in [9.17, 15) is 0 Å². The van der Waals surface area contributed by atoms with Crippen molar-refractivity contribution in [1.29, 1.82) is 0 Å².